The number of benzene rings is 1. The Balaban J connectivity index is 2.13. The number of rotatable bonds is 4. The van der Waals surface area contributed by atoms with Gasteiger partial charge in [-0.05, 0) is 31.5 Å². The van der Waals surface area contributed by atoms with Gasteiger partial charge in [0.1, 0.15) is 0 Å². The van der Waals surface area contributed by atoms with E-state index in [1.165, 1.54) is 19.2 Å². The Kier molecular flexibility index (Phi) is 4.26. The number of piperidine rings is 1. The highest BCUT2D eigenvalue weighted by Crippen LogP contribution is 2.23. The second-order valence-electron chi connectivity index (χ2n) is 4.46. The molecule has 0 bridgehead atoms. The fourth-order valence-corrected chi connectivity index (χ4v) is 3.50. The van der Waals surface area contributed by atoms with Crippen LogP contribution in [0.25, 0.3) is 0 Å². The van der Waals surface area contributed by atoms with Crippen LogP contribution in [0.2, 0.25) is 0 Å². The van der Waals surface area contributed by atoms with Crippen molar-refractivity contribution in [2.24, 2.45) is 0 Å². The van der Waals surface area contributed by atoms with Crippen LogP contribution in [0.15, 0.2) is 18.2 Å². The maximum Gasteiger partial charge on any atom is 0.236 e. The first kappa shape index (κ1) is 14.1. The monoisotopic (exact) mass is 288 g/mol. The Bertz CT molecular complexity index is 542. The summed E-state index contributed by atoms with van der Waals surface area (Å²) in [5, 5.41) is 2.56. The molecule has 1 aliphatic heterocycles. The Hall–Kier alpha value is -1.34. The molecule has 106 valence electrons. The van der Waals surface area contributed by atoms with Gasteiger partial charge in [0.05, 0.1) is 18.0 Å². The van der Waals surface area contributed by atoms with Crippen molar-refractivity contribution in [1.29, 1.82) is 0 Å². The number of sulfonamides is 1. The molecule has 0 saturated carbocycles. The fraction of sp³-hybridized carbons (Fsp3) is 0.500. The normalized spacial score (nSPS) is 20.0. The SMILES string of the molecule is COc1ccc(NS(=O)(=O)C2CCCNC2)cc1F. The smallest absolute Gasteiger partial charge is 0.236 e. The maximum absolute atomic E-state index is 13.5. The summed E-state index contributed by atoms with van der Waals surface area (Å²) in [7, 11) is -2.14. The lowest BCUT2D eigenvalue weighted by Crippen LogP contribution is -2.41. The molecule has 1 saturated heterocycles. The average molecular weight is 288 g/mol. The number of anilines is 1. The molecular weight excluding hydrogens is 271 g/mol. The molecule has 0 spiro atoms. The van der Waals surface area contributed by atoms with Crippen LogP contribution in [-0.2, 0) is 10.0 Å². The zero-order chi connectivity index (χ0) is 13.9. The third kappa shape index (κ3) is 3.36. The second kappa shape index (κ2) is 5.75. The molecule has 19 heavy (non-hydrogen) atoms. The lowest BCUT2D eigenvalue weighted by molar-refractivity contribution is 0.386. The van der Waals surface area contributed by atoms with Crippen molar-refractivity contribution >= 4 is 15.7 Å². The molecule has 2 N–H and O–H groups in total. The van der Waals surface area contributed by atoms with E-state index in [0.29, 0.717) is 13.0 Å². The van der Waals surface area contributed by atoms with Crippen LogP contribution < -0.4 is 14.8 Å². The van der Waals surface area contributed by atoms with E-state index in [-0.39, 0.29) is 11.4 Å². The first-order valence-corrected chi connectivity index (χ1v) is 7.63. The molecule has 1 aliphatic rings. The summed E-state index contributed by atoms with van der Waals surface area (Å²) in [6, 6.07) is 3.99. The second-order valence-corrected chi connectivity index (χ2v) is 6.43. The van der Waals surface area contributed by atoms with E-state index in [4.69, 9.17) is 4.74 Å². The van der Waals surface area contributed by atoms with Gasteiger partial charge in [0, 0.05) is 12.6 Å². The quantitative estimate of drug-likeness (QED) is 0.877. The molecule has 1 atom stereocenters. The van der Waals surface area contributed by atoms with Crippen LogP contribution >= 0.6 is 0 Å². The minimum atomic E-state index is -3.49. The van der Waals surface area contributed by atoms with Gasteiger partial charge in [-0.1, -0.05) is 0 Å². The Morgan fingerprint density at radius 3 is 2.84 bits per heavy atom. The number of hydrogen-bond acceptors (Lipinski definition) is 4. The van der Waals surface area contributed by atoms with Crippen molar-refractivity contribution in [2.75, 3.05) is 24.9 Å². The molecular formula is C12H17FN2O3S. The highest BCUT2D eigenvalue weighted by atomic mass is 32.2. The topological polar surface area (TPSA) is 67.4 Å². The number of nitrogens with one attached hydrogen (secondary N) is 2. The Labute approximate surface area is 112 Å². The van der Waals surface area contributed by atoms with Crippen LogP contribution in [0, 0.1) is 5.82 Å². The number of methoxy groups -OCH3 is 1. The third-order valence-electron chi connectivity index (χ3n) is 3.10. The van der Waals surface area contributed by atoms with Crippen LogP contribution in [0.1, 0.15) is 12.8 Å². The zero-order valence-electron chi connectivity index (χ0n) is 10.6. The zero-order valence-corrected chi connectivity index (χ0v) is 11.5. The van der Waals surface area contributed by atoms with Crippen molar-refractivity contribution in [3.8, 4) is 5.75 Å². The molecule has 1 aromatic rings. The molecule has 0 aliphatic carbocycles. The summed E-state index contributed by atoms with van der Waals surface area (Å²) in [5.41, 5.74) is 0.212. The fourth-order valence-electron chi connectivity index (χ4n) is 2.06. The molecule has 5 nitrogen and oxygen atoms in total. The number of ether oxygens (including phenoxy) is 1. The van der Waals surface area contributed by atoms with Crippen LogP contribution in [0.5, 0.6) is 5.75 Å². The van der Waals surface area contributed by atoms with Gasteiger partial charge in [-0.15, -0.1) is 0 Å². The molecule has 1 unspecified atom stereocenters. The lowest BCUT2D eigenvalue weighted by atomic mass is 10.2. The summed E-state index contributed by atoms with van der Waals surface area (Å²) in [5.74, 6) is -0.508. The first-order valence-electron chi connectivity index (χ1n) is 6.09. The Morgan fingerprint density at radius 2 is 2.26 bits per heavy atom. The van der Waals surface area contributed by atoms with E-state index < -0.39 is 21.1 Å². The highest BCUT2D eigenvalue weighted by Gasteiger charge is 2.27. The predicted molar refractivity (Wildman–Crippen MR) is 71.4 cm³/mol. The van der Waals surface area contributed by atoms with E-state index in [0.717, 1.165) is 19.0 Å². The van der Waals surface area contributed by atoms with E-state index >= 15 is 0 Å². The minimum absolute atomic E-state index is 0.0854. The molecule has 0 amide bonds. The number of hydrogen-bond donors (Lipinski definition) is 2. The van der Waals surface area contributed by atoms with Crippen LogP contribution in [0.3, 0.4) is 0 Å². The highest BCUT2D eigenvalue weighted by molar-refractivity contribution is 7.93. The van der Waals surface area contributed by atoms with E-state index in [1.54, 1.807) is 0 Å². The third-order valence-corrected chi connectivity index (χ3v) is 4.90. The summed E-state index contributed by atoms with van der Waals surface area (Å²) in [6.45, 7) is 1.26. The summed E-state index contributed by atoms with van der Waals surface area (Å²) < 4.78 is 44.9. The molecule has 2 rings (SSSR count). The van der Waals surface area contributed by atoms with Crippen molar-refractivity contribution in [3.63, 3.8) is 0 Å². The van der Waals surface area contributed by atoms with Crippen molar-refractivity contribution in [1.82, 2.24) is 5.32 Å². The molecule has 0 aromatic heterocycles. The summed E-state index contributed by atoms with van der Waals surface area (Å²) >= 11 is 0. The van der Waals surface area contributed by atoms with Gasteiger partial charge >= 0.3 is 0 Å². The molecule has 0 radical (unpaired) electrons. The Morgan fingerprint density at radius 1 is 1.47 bits per heavy atom. The van der Waals surface area contributed by atoms with Gasteiger partial charge in [-0.2, -0.15) is 0 Å². The van der Waals surface area contributed by atoms with Gasteiger partial charge in [-0.25, -0.2) is 12.8 Å². The summed E-state index contributed by atoms with van der Waals surface area (Å²) in [4.78, 5) is 0. The number of halogens is 1. The largest absolute Gasteiger partial charge is 0.494 e. The van der Waals surface area contributed by atoms with Gasteiger partial charge in [-0.3, -0.25) is 4.72 Å². The van der Waals surface area contributed by atoms with Crippen molar-refractivity contribution < 1.29 is 17.5 Å². The molecule has 1 aromatic carbocycles. The van der Waals surface area contributed by atoms with Gasteiger partial charge < -0.3 is 10.1 Å². The van der Waals surface area contributed by atoms with Gasteiger partial charge in [0.25, 0.3) is 0 Å². The standard InChI is InChI=1S/C12H17FN2O3S/c1-18-12-5-4-9(7-11(12)13)15-19(16,17)10-3-2-6-14-8-10/h4-5,7,10,14-15H,2-3,6,8H2,1H3. The van der Waals surface area contributed by atoms with E-state index in [2.05, 4.69) is 10.0 Å². The van der Waals surface area contributed by atoms with E-state index in [9.17, 15) is 12.8 Å². The minimum Gasteiger partial charge on any atom is -0.494 e. The first-order chi connectivity index (χ1) is 9.03. The lowest BCUT2D eigenvalue weighted by Gasteiger charge is -2.23. The van der Waals surface area contributed by atoms with Crippen molar-refractivity contribution in [3.05, 3.63) is 24.0 Å². The van der Waals surface area contributed by atoms with Crippen molar-refractivity contribution in [2.45, 2.75) is 18.1 Å². The predicted octanol–water partition coefficient (Wildman–Crippen LogP) is 1.33. The summed E-state index contributed by atoms with van der Waals surface area (Å²) in [6.07, 6.45) is 1.43. The van der Waals surface area contributed by atoms with Gasteiger partial charge in [0.2, 0.25) is 10.0 Å². The molecule has 1 fully saturated rings. The van der Waals surface area contributed by atoms with Crippen LogP contribution in [0.4, 0.5) is 10.1 Å². The van der Waals surface area contributed by atoms with Gasteiger partial charge in [0.15, 0.2) is 11.6 Å². The average Bonchev–Trinajstić information content (AvgIpc) is 2.39. The van der Waals surface area contributed by atoms with Crippen LogP contribution in [-0.4, -0.2) is 33.9 Å². The van der Waals surface area contributed by atoms with E-state index in [1.807, 2.05) is 0 Å². The molecule has 7 heteroatoms. The maximum atomic E-state index is 13.5. The molecule has 1 heterocycles.